The molecule has 1 aliphatic rings. The van der Waals surface area contributed by atoms with E-state index in [0.717, 1.165) is 25.7 Å². The number of amides is 1. The van der Waals surface area contributed by atoms with Gasteiger partial charge in [-0.15, -0.1) is 0 Å². The van der Waals surface area contributed by atoms with Gasteiger partial charge < -0.3 is 15.3 Å². The number of aliphatic hydroxyl groups is 1. The first kappa shape index (κ1) is 12.5. The van der Waals surface area contributed by atoms with Gasteiger partial charge >= 0.3 is 0 Å². The summed E-state index contributed by atoms with van der Waals surface area (Å²) in [6, 6.07) is 0. The maximum absolute atomic E-state index is 11.3. The lowest BCUT2D eigenvalue weighted by atomic mass is 9.85. The molecule has 88 valence electrons. The highest BCUT2D eigenvalue weighted by atomic mass is 16.3. The van der Waals surface area contributed by atoms with Crippen molar-refractivity contribution >= 4 is 5.91 Å². The standard InChI is InChI=1S/C11H22N2O2/c1-13(2)10(14)8-12-9-11(15)6-4-3-5-7-11/h12,15H,3-9H2,1-2H3. The highest BCUT2D eigenvalue weighted by molar-refractivity contribution is 5.77. The lowest BCUT2D eigenvalue weighted by Crippen LogP contribution is -2.45. The van der Waals surface area contributed by atoms with Gasteiger partial charge in [-0.1, -0.05) is 19.3 Å². The fourth-order valence-corrected chi connectivity index (χ4v) is 1.95. The van der Waals surface area contributed by atoms with Crippen molar-refractivity contribution in [2.75, 3.05) is 27.2 Å². The zero-order valence-corrected chi connectivity index (χ0v) is 9.75. The van der Waals surface area contributed by atoms with Crippen LogP contribution in [0.4, 0.5) is 0 Å². The molecular weight excluding hydrogens is 192 g/mol. The van der Waals surface area contributed by atoms with Crippen LogP contribution in [0.5, 0.6) is 0 Å². The van der Waals surface area contributed by atoms with Gasteiger partial charge in [0.1, 0.15) is 0 Å². The number of nitrogens with zero attached hydrogens (tertiary/aromatic N) is 1. The number of hydrogen-bond donors (Lipinski definition) is 2. The van der Waals surface area contributed by atoms with Crippen molar-refractivity contribution in [2.45, 2.75) is 37.7 Å². The summed E-state index contributed by atoms with van der Waals surface area (Å²) in [5.74, 6) is 0.0504. The molecule has 1 aliphatic carbocycles. The Hall–Kier alpha value is -0.610. The number of hydrogen-bond acceptors (Lipinski definition) is 3. The molecule has 1 fully saturated rings. The maximum Gasteiger partial charge on any atom is 0.236 e. The van der Waals surface area contributed by atoms with Gasteiger partial charge in [0, 0.05) is 20.6 Å². The fourth-order valence-electron chi connectivity index (χ4n) is 1.95. The quantitative estimate of drug-likeness (QED) is 0.710. The molecule has 1 saturated carbocycles. The van der Waals surface area contributed by atoms with Crippen molar-refractivity contribution < 1.29 is 9.90 Å². The summed E-state index contributed by atoms with van der Waals surface area (Å²) < 4.78 is 0. The highest BCUT2D eigenvalue weighted by Gasteiger charge is 2.28. The predicted octanol–water partition coefficient (Wildman–Crippen LogP) is 0.359. The molecule has 0 aliphatic heterocycles. The molecule has 0 aromatic heterocycles. The summed E-state index contributed by atoms with van der Waals surface area (Å²) in [6.45, 7) is 0.849. The maximum atomic E-state index is 11.3. The molecular formula is C11H22N2O2. The first-order chi connectivity index (χ1) is 7.03. The Morgan fingerprint density at radius 3 is 2.47 bits per heavy atom. The Labute approximate surface area is 91.6 Å². The fraction of sp³-hybridized carbons (Fsp3) is 0.909. The van der Waals surface area contributed by atoms with E-state index in [1.165, 1.54) is 6.42 Å². The number of carbonyl (C=O) groups excluding carboxylic acids is 1. The monoisotopic (exact) mass is 214 g/mol. The average molecular weight is 214 g/mol. The first-order valence-electron chi connectivity index (χ1n) is 5.67. The summed E-state index contributed by atoms with van der Waals surface area (Å²) in [5.41, 5.74) is -0.579. The Balaban J connectivity index is 2.21. The highest BCUT2D eigenvalue weighted by Crippen LogP contribution is 2.27. The summed E-state index contributed by atoms with van der Waals surface area (Å²) in [7, 11) is 3.47. The summed E-state index contributed by atoms with van der Waals surface area (Å²) in [6.07, 6.45) is 5.13. The van der Waals surface area contributed by atoms with E-state index in [1.54, 1.807) is 19.0 Å². The van der Waals surface area contributed by atoms with Gasteiger partial charge in [0.2, 0.25) is 5.91 Å². The van der Waals surface area contributed by atoms with Crippen molar-refractivity contribution in [3.8, 4) is 0 Å². The van der Waals surface area contributed by atoms with Crippen LogP contribution in [0.25, 0.3) is 0 Å². The lowest BCUT2D eigenvalue weighted by molar-refractivity contribution is -0.127. The average Bonchev–Trinajstić information content (AvgIpc) is 2.18. The normalized spacial score (nSPS) is 19.9. The SMILES string of the molecule is CN(C)C(=O)CNCC1(O)CCCCC1. The Morgan fingerprint density at radius 1 is 1.33 bits per heavy atom. The van der Waals surface area contributed by atoms with E-state index in [4.69, 9.17) is 0 Å². The Kier molecular flexibility index (Phi) is 4.54. The Morgan fingerprint density at radius 2 is 1.93 bits per heavy atom. The van der Waals surface area contributed by atoms with Gasteiger partial charge in [-0.3, -0.25) is 4.79 Å². The molecule has 2 N–H and O–H groups in total. The van der Waals surface area contributed by atoms with Gasteiger partial charge in [-0.05, 0) is 12.8 Å². The topological polar surface area (TPSA) is 52.6 Å². The molecule has 0 bridgehead atoms. The molecule has 0 unspecified atom stereocenters. The first-order valence-corrected chi connectivity index (χ1v) is 5.67. The van der Waals surface area contributed by atoms with Crippen LogP contribution in [0, 0.1) is 0 Å². The van der Waals surface area contributed by atoms with Crippen molar-refractivity contribution in [2.24, 2.45) is 0 Å². The van der Waals surface area contributed by atoms with Crippen LogP contribution >= 0.6 is 0 Å². The molecule has 0 aromatic rings. The van der Waals surface area contributed by atoms with Crippen LogP contribution in [0.1, 0.15) is 32.1 Å². The molecule has 15 heavy (non-hydrogen) atoms. The van der Waals surface area contributed by atoms with Gasteiger partial charge in [0.25, 0.3) is 0 Å². The number of carbonyl (C=O) groups is 1. The smallest absolute Gasteiger partial charge is 0.236 e. The number of nitrogens with one attached hydrogen (secondary N) is 1. The van der Waals surface area contributed by atoms with E-state index in [0.29, 0.717) is 13.1 Å². The predicted molar refractivity (Wildman–Crippen MR) is 59.6 cm³/mol. The van der Waals surface area contributed by atoms with E-state index >= 15 is 0 Å². The van der Waals surface area contributed by atoms with Gasteiger partial charge in [0.15, 0.2) is 0 Å². The second-order valence-electron chi connectivity index (χ2n) is 4.68. The molecule has 0 aromatic carbocycles. The molecule has 0 saturated heterocycles. The minimum absolute atomic E-state index is 0.0504. The Bertz CT molecular complexity index is 211. The molecule has 4 heteroatoms. The molecule has 0 heterocycles. The van der Waals surface area contributed by atoms with Gasteiger partial charge in [-0.25, -0.2) is 0 Å². The van der Waals surface area contributed by atoms with Gasteiger partial charge in [-0.2, -0.15) is 0 Å². The molecule has 0 spiro atoms. The van der Waals surface area contributed by atoms with E-state index < -0.39 is 5.60 Å². The third kappa shape index (κ3) is 4.18. The summed E-state index contributed by atoms with van der Waals surface area (Å²) >= 11 is 0. The zero-order chi connectivity index (χ0) is 11.3. The largest absolute Gasteiger partial charge is 0.389 e. The lowest BCUT2D eigenvalue weighted by Gasteiger charge is -2.32. The molecule has 0 radical (unpaired) electrons. The van der Waals surface area contributed by atoms with Crippen LogP contribution < -0.4 is 5.32 Å². The van der Waals surface area contributed by atoms with Crippen LogP contribution in [0.3, 0.4) is 0 Å². The van der Waals surface area contributed by atoms with E-state index in [1.807, 2.05) is 0 Å². The third-order valence-electron chi connectivity index (χ3n) is 3.01. The minimum Gasteiger partial charge on any atom is -0.389 e. The number of rotatable bonds is 4. The molecule has 1 amide bonds. The number of likely N-dealkylation sites (N-methyl/N-ethyl adjacent to an activating group) is 1. The second kappa shape index (κ2) is 5.47. The van der Waals surface area contributed by atoms with Crippen LogP contribution in [-0.2, 0) is 4.79 Å². The van der Waals surface area contributed by atoms with Crippen molar-refractivity contribution in [1.82, 2.24) is 10.2 Å². The van der Waals surface area contributed by atoms with Crippen LogP contribution in [0.15, 0.2) is 0 Å². The second-order valence-corrected chi connectivity index (χ2v) is 4.68. The van der Waals surface area contributed by atoms with Crippen LogP contribution in [0.2, 0.25) is 0 Å². The van der Waals surface area contributed by atoms with E-state index in [-0.39, 0.29) is 5.91 Å². The van der Waals surface area contributed by atoms with E-state index in [2.05, 4.69) is 5.32 Å². The van der Waals surface area contributed by atoms with Gasteiger partial charge in [0.05, 0.1) is 12.1 Å². The van der Waals surface area contributed by atoms with Crippen LogP contribution in [-0.4, -0.2) is 48.7 Å². The third-order valence-corrected chi connectivity index (χ3v) is 3.01. The summed E-state index contributed by atoms with van der Waals surface area (Å²) in [5, 5.41) is 13.2. The molecule has 1 rings (SSSR count). The van der Waals surface area contributed by atoms with Crippen molar-refractivity contribution in [1.29, 1.82) is 0 Å². The van der Waals surface area contributed by atoms with Crippen molar-refractivity contribution in [3.05, 3.63) is 0 Å². The molecule has 4 nitrogen and oxygen atoms in total. The summed E-state index contributed by atoms with van der Waals surface area (Å²) in [4.78, 5) is 12.8. The van der Waals surface area contributed by atoms with Crippen molar-refractivity contribution in [3.63, 3.8) is 0 Å². The molecule has 0 atom stereocenters. The zero-order valence-electron chi connectivity index (χ0n) is 9.75. The van der Waals surface area contributed by atoms with E-state index in [9.17, 15) is 9.90 Å². The minimum atomic E-state index is -0.579.